The van der Waals surface area contributed by atoms with Gasteiger partial charge in [0.1, 0.15) is 5.75 Å². The lowest BCUT2D eigenvalue weighted by Crippen LogP contribution is -2.29. The molecule has 0 saturated heterocycles. The highest BCUT2D eigenvalue weighted by Crippen LogP contribution is 2.24. The molecule has 0 saturated carbocycles. The molecule has 0 bridgehead atoms. The minimum Gasteiger partial charge on any atom is -0.495 e. The fraction of sp³-hybridized carbons (Fsp3) is 0.158. The summed E-state index contributed by atoms with van der Waals surface area (Å²) in [5.41, 5.74) is 1.10. The predicted molar refractivity (Wildman–Crippen MR) is 103 cm³/mol. The molecule has 2 aromatic carbocycles. The summed E-state index contributed by atoms with van der Waals surface area (Å²) in [7, 11) is 1.50. The second-order valence-electron chi connectivity index (χ2n) is 5.27. The van der Waals surface area contributed by atoms with Crippen molar-refractivity contribution in [3.63, 3.8) is 0 Å². The highest BCUT2D eigenvalue weighted by atomic mass is 35.5. The van der Waals surface area contributed by atoms with E-state index in [-0.39, 0.29) is 0 Å². The van der Waals surface area contributed by atoms with Gasteiger partial charge in [0.25, 0.3) is 5.91 Å². The van der Waals surface area contributed by atoms with E-state index in [2.05, 4.69) is 5.32 Å². The van der Waals surface area contributed by atoms with Crippen LogP contribution in [0.2, 0.25) is 10.0 Å². The van der Waals surface area contributed by atoms with E-state index >= 15 is 0 Å². The van der Waals surface area contributed by atoms with Crippen LogP contribution in [0.3, 0.4) is 0 Å². The largest absolute Gasteiger partial charge is 0.495 e. The van der Waals surface area contributed by atoms with Gasteiger partial charge in [-0.2, -0.15) is 0 Å². The van der Waals surface area contributed by atoms with E-state index in [1.165, 1.54) is 26.2 Å². The van der Waals surface area contributed by atoms with Crippen molar-refractivity contribution in [2.24, 2.45) is 0 Å². The molecule has 0 heterocycles. The number of carbonyl (C=O) groups excluding carboxylic acids is 2. The van der Waals surface area contributed by atoms with Crippen LogP contribution in [-0.2, 0) is 14.3 Å². The quantitative estimate of drug-likeness (QED) is 0.575. The Balaban J connectivity index is 1.95. The number of benzene rings is 2. The molecule has 0 fully saturated rings. The van der Waals surface area contributed by atoms with Crippen molar-refractivity contribution in [3.8, 4) is 5.75 Å². The number of amides is 1. The van der Waals surface area contributed by atoms with E-state index in [1.807, 2.05) is 0 Å². The number of hydrogen-bond donors (Lipinski definition) is 1. The summed E-state index contributed by atoms with van der Waals surface area (Å²) in [4.78, 5) is 24.1. The van der Waals surface area contributed by atoms with Gasteiger partial charge in [0.2, 0.25) is 0 Å². The van der Waals surface area contributed by atoms with Crippen molar-refractivity contribution in [1.29, 1.82) is 0 Å². The van der Waals surface area contributed by atoms with Crippen molar-refractivity contribution < 1.29 is 19.1 Å². The minimum absolute atomic E-state index is 0.406. The Labute approximate surface area is 161 Å². The molecule has 7 heteroatoms. The third kappa shape index (κ3) is 5.51. The number of esters is 1. The number of rotatable bonds is 6. The molecular weight excluding hydrogens is 377 g/mol. The third-order valence-corrected chi connectivity index (χ3v) is 3.95. The summed E-state index contributed by atoms with van der Waals surface area (Å²) in [6, 6.07) is 11.8. The maximum atomic E-state index is 12.2. The van der Waals surface area contributed by atoms with Crippen LogP contribution in [0.5, 0.6) is 5.75 Å². The minimum atomic E-state index is -0.988. The standard InChI is InChI=1S/C19H17Cl2NO4/c1-12(19(24)22-16-5-3-4-6-17(16)25-2)26-18(23)10-8-13-7-9-14(20)11-15(13)21/h3-12H,1-2H3,(H,22,24)/b10-8+/t12-/m0/s1. The summed E-state index contributed by atoms with van der Waals surface area (Å²) in [5.74, 6) is -0.629. The van der Waals surface area contributed by atoms with E-state index in [4.69, 9.17) is 32.7 Å². The van der Waals surface area contributed by atoms with Gasteiger partial charge in [-0.3, -0.25) is 4.79 Å². The molecular formula is C19H17Cl2NO4. The first-order chi connectivity index (χ1) is 12.4. The highest BCUT2D eigenvalue weighted by molar-refractivity contribution is 6.35. The van der Waals surface area contributed by atoms with E-state index in [1.54, 1.807) is 42.5 Å². The number of anilines is 1. The number of carbonyl (C=O) groups is 2. The molecule has 2 aromatic rings. The van der Waals surface area contributed by atoms with Gasteiger partial charge in [0.15, 0.2) is 6.10 Å². The fourth-order valence-electron chi connectivity index (χ4n) is 2.04. The lowest BCUT2D eigenvalue weighted by molar-refractivity contribution is -0.148. The molecule has 0 aliphatic carbocycles. The lowest BCUT2D eigenvalue weighted by Gasteiger charge is -2.14. The number of para-hydroxylation sites is 2. The summed E-state index contributed by atoms with van der Waals surface area (Å²) in [5, 5.41) is 3.56. The third-order valence-electron chi connectivity index (χ3n) is 3.39. The average molecular weight is 394 g/mol. The van der Waals surface area contributed by atoms with Gasteiger partial charge in [-0.15, -0.1) is 0 Å². The molecule has 1 amide bonds. The molecule has 0 radical (unpaired) electrons. The van der Waals surface area contributed by atoms with Crippen LogP contribution in [0.1, 0.15) is 12.5 Å². The first kappa shape index (κ1) is 19.8. The monoisotopic (exact) mass is 393 g/mol. The highest BCUT2D eigenvalue weighted by Gasteiger charge is 2.18. The molecule has 0 aliphatic heterocycles. The van der Waals surface area contributed by atoms with Crippen LogP contribution in [0.25, 0.3) is 6.08 Å². The zero-order chi connectivity index (χ0) is 19.1. The molecule has 0 aromatic heterocycles. The zero-order valence-corrected chi connectivity index (χ0v) is 15.7. The van der Waals surface area contributed by atoms with Gasteiger partial charge in [-0.25, -0.2) is 4.79 Å². The lowest BCUT2D eigenvalue weighted by atomic mass is 10.2. The number of ether oxygens (including phenoxy) is 2. The van der Waals surface area contributed by atoms with Gasteiger partial charge in [-0.05, 0) is 42.8 Å². The summed E-state index contributed by atoms with van der Waals surface area (Å²) < 4.78 is 10.3. The van der Waals surface area contributed by atoms with E-state index in [0.717, 1.165) is 0 Å². The van der Waals surface area contributed by atoms with Gasteiger partial charge >= 0.3 is 5.97 Å². The normalized spacial score (nSPS) is 11.8. The Kier molecular flexibility index (Phi) is 7.06. The Morgan fingerprint density at radius 1 is 1.15 bits per heavy atom. The first-order valence-corrected chi connectivity index (χ1v) is 8.44. The SMILES string of the molecule is COc1ccccc1NC(=O)[C@H](C)OC(=O)/C=C/c1ccc(Cl)cc1Cl. The summed E-state index contributed by atoms with van der Waals surface area (Å²) >= 11 is 11.8. The van der Waals surface area contributed by atoms with Crippen LogP contribution in [0.15, 0.2) is 48.5 Å². The number of methoxy groups -OCH3 is 1. The average Bonchev–Trinajstić information content (AvgIpc) is 2.61. The molecule has 0 spiro atoms. The second kappa shape index (κ2) is 9.27. The Morgan fingerprint density at radius 2 is 1.88 bits per heavy atom. The van der Waals surface area contributed by atoms with E-state index in [0.29, 0.717) is 27.0 Å². The van der Waals surface area contributed by atoms with Crippen LogP contribution in [-0.4, -0.2) is 25.1 Å². The number of hydrogen-bond acceptors (Lipinski definition) is 4. The van der Waals surface area contributed by atoms with Crippen LogP contribution >= 0.6 is 23.2 Å². The van der Waals surface area contributed by atoms with Gasteiger partial charge in [-0.1, -0.05) is 41.4 Å². The molecule has 1 N–H and O–H groups in total. The molecule has 136 valence electrons. The fourth-order valence-corrected chi connectivity index (χ4v) is 2.52. The van der Waals surface area contributed by atoms with Crippen molar-refractivity contribution in [2.45, 2.75) is 13.0 Å². The van der Waals surface area contributed by atoms with Crippen molar-refractivity contribution in [3.05, 3.63) is 64.1 Å². The summed E-state index contributed by atoms with van der Waals surface area (Å²) in [6.45, 7) is 1.48. The molecule has 2 rings (SSSR count). The van der Waals surface area contributed by atoms with Crippen molar-refractivity contribution >= 4 is 46.8 Å². The van der Waals surface area contributed by atoms with Crippen molar-refractivity contribution in [2.75, 3.05) is 12.4 Å². The Bertz CT molecular complexity index is 836. The molecule has 0 unspecified atom stereocenters. The van der Waals surface area contributed by atoms with Gasteiger partial charge in [0, 0.05) is 16.1 Å². The van der Waals surface area contributed by atoms with Crippen LogP contribution in [0.4, 0.5) is 5.69 Å². The van der Waals surface area contributed by atoms with E-state index < -0.39 is 18.0 Å². The maximum Gasteiger partial charge on any atom is 0.331 e. The van der Waals surface area contributed by atoms with Crippen LogP contribution < -0.4 is 10.1 Å². The van der Waals surface area contributed by atoms with Crippen molar-refractivity contribution in [1.82, 2.24) is 0 Å². The molecule has 1 atom stereocenters. The number of halogens is 2. The van der Waals surface area contributed by atoms with Gasteiger partial charge in [0.05, 0.1) is 12.8 Å². The molecule has 0 aliphatic rings. The summed E-state index contributed by atoms with van der Waals surface area (Å²) in [6.07, 6.45) is 1.70. The smallest absolute Gasteiger partial charge is 0.331 e. The molecule has 26 heavy (non-hydrogen) atoms. The molecule has 5 nitrogen and oxygen atoms in total. The van der Waals surface area contributed by atoms with Crippen LogP contribution in [0, 0.1) is 0 Å². The Hall–Kier alpha value is -2.50. The second-order valence-corrected chi connectivity index (χ2v) is 6.11. The number of nitrogens with one attached hydrogen (secondary N) is 1. The zero-order valence-electron chi connectivity index (χ0n) is 14.2. The predicted octanol–water partition coefficient (Wildman–Crippen LogP) is 4.59. The van der Waals surface area contributed by atoms with Gasteiger partial charge < -0.3 is 14.8 Å². The first-order valence-electron chi connectivity index (χ1n) is 7.68. The Morgan fingerprint density at radius 3 is 2.58 bits per heavy atom. The van der Waals surface area contributed by atoms with E-state index in [9.17, 15) is 9.59 Å². The topological polar surface area (TPSA) is 64.6 Å². The maximum absolute atomic E-state index is 12.2.